The molecule has 0 fully saturated rings. The summed E-state index contributed by atoms with van der Waals surface area (Å²) >= 11 is 1.05. The van der Waals surface area contributed by atoms with Gasteiger partial charge in [0.1, 0.15) is 9.88 Å². The third-order valence-corrected chi connectivity index (χ3v) is 4.85. The molecule has 3 rings (SSSR count). The van der Waals surface area contributed by atoms with Crippen LogP contribution in [0.4, 0.5) is 0 Å². The SMILES string of the molecule is Cc1nc(CC(=O)NCc2cccc3ccccc23)sc1C(=O)O. The Hall–Kier alpha value is -2.73. The number of carboxylic acid groups (broad SMARTS) is 1. The highest BCUT2D eigenvalue weighted by atomic mass is 32.1. The van der Waals surface area contributed by atoms with Crippen molar-refractivity contribution in [2.75, 3.05) is 0 Å². The molecule has 0 saturated heterocycles. The van der Waals surface area contributed by atoms with Gasteiger partial charge in [-0.2, -0.15) is 0 Å². The van der Waals surface area contributed by atoms with Gasteiger partial charge < -0.3 is 10.4 Å². The number of carbonyl (C=O) groups excluding carboxylic acids is 1. The molecule has 0 atom stereocenters. The number of benzene rings is 2. The predicted molar refractivity (Wildman–Crippen MR) is 93.3 cm³/mol. The summed E-state index contributed by atoms with van der Waals surface area (Å²) in [6.07, 6.45) is 0.0869. The molecule has 5 nitrogen and oxygen atoms in total. The van der Waals surface area contributed by atoms with Gasteiger partial charge >= 0.3 is 5.97 Å². The van der Waals surface area contributed by atoms with Crippen LogP contribution in [-0.2, 0) is 17.8 Å². The fourth-order valence-corrected chi connectivity index (χ4v) is 3.47. The highest BCUT2D eigenvalue weighted by Crippen LogP contribution is 2.20. The minimum Gasteiger partial charge on any atom is -0.477 e. The molecule has 0 aliphatic heterocycles. The number of carboxylic acids is 1. The van der Waals surface area contributed by atoms with E-state index in [4.69, 9.17) is 5.11 Å². The lowest BCUT2D eigenvalue weighted by Crippen LogP contribution is -2.24. The maximum absolute atomic E-state index is 12.1. The first-order valence-corrected chi connectivity index (χ1v) is 8.29. The molecule has 1 aromatic heterocycles. The summed E-state index contributed by atoms with van der Waals surface area (Å²) in [6.45, 7) is 2.06. The number of amides is 1. The second-order valence-corrected chi connectivity index (χ2v) is 6.50. The molecule has 2 N–H and O–H groups in total. The average Bonchev–Trinajstić information content (AvgIpc) is 2.93. The van der Waals surface area contributed by atoms with E-state index in [1.165, 1.54) is 0 Å². The third kappa shape index (κ3) is 3.44. The van der Waals surface area contributed by atoms with E-state index in [-0.39, 0.29) is 17.2 Å². The van der Waals surface area contributed by atoms with Crippen LogP contribution >= 0.6 is 11.3 Å². The highest BCUT2D eigenvalue weighted by Gasteiger charge is 2.16. The first kappa shape index (κ1) is 16.1. The van der Waals surface area contributed by atoms with Gasteiger partial charge in [-0.3, -0.25) is 4.79 Å². The van der Waals surface area contributed by atoms with Crippen molar-refractivity contribution in [2.45, 2.75) is 19.9 Å². The van der Waals surface area contributed by atoms with E-state index >= 15 is 0 Å². The van der Waals surface area contributed by atoms with Crippen LogP contribution < -0.4 is 5.32 Å². The topological polar surface area (TPSA) is 79.3 Å². The van der Waals surface area contributed by atoms with Crippen molar-refractivity contribution in [2.24, 2.45) is 0 Å². The molecule has 0 aliphatic rings. The second kappa shape index (κ2) is 6.80. The molecular formula is C18H16N2O3S. The Labute approximate surface area is 143 Å². The third-order valence-electron chi connectivity index (χ3n) is 3.70. The molecule has 0 unspecified atom stereocenters. The van der Waals surface area contributed by atoms with Crippen LogP contribution in [0.2, 0.25) is 0 Å². The van der Waals surface area contributed by atoms with Gasteiger partial charge in [-0.05, 0) is 23.3 Å². The quantitative estimate of drug-likeness (QED) is 0.748. The van der Waals surface area contributed by atoms with Crippen LogP contribution in [-0.4, -0.2) is 22.0 Å². The van der Waals surface area contributed by atoms with Crippen LogP contribution in [0, 0.1) is 6.92 Å². The number of nitrogens with one attached hydrogen (secondary N) is 1. The zero-order chi connectivity index (χ0) is 17.1. The van der Waals surface area contributed by atoms with Gasteiger partial charge in [0, 0.05) is 6.54 Å². The van der Waals surface area contributed by atoms with Crippen molar-refractivity contribution in [3.63, 3.8) is 0 Å². The Kier molecular flexibility index (Phi) is 4.57. The molecule has 0 saturated carbocycles. The van der Waals surface area contributed by atoms with E-state index in [1.807, 2.05) is 42.5 Å². The summed E-state index contributed by atoms with van der Waals surface area (Å²) in [5, 5.41) is 14.7. The number of hydrogen-bond donors (Lipinski definition) is 2. The largest absolute Gasteiger partial charge is 0.477 e. The number of fused-ring (bicyclic) bond motifs is 1. The number of thiazole rings is 1. The van der Waals surface area contributed by atoms with Crippen LogP contribution in [0.15, 0.2) is 42.5 Å². The summed E-state index contributed by atoms with van der Waals surface area (Å²) in [5.74, 6) is -1.18. The Morgan fingerprint density at radius 3 is 2.67 bits per heavy atom. The van der Waals surface area contributed by atoms with Gasteiger partial charge in [-0.25, -0.2) is 9.78 Å². The molecule has 1 amide bonds. The zero-order valence-electron chi connectivity index (χ0n) is 13.1. The summed E-state index contributed by atoms with van der Waals surface area (Å²) < 4.78 is 0. The Morgan fingerprint density at radius 2 is 1.92 bits per heavy atom. The highest BCUT2D eigenvalue weighted by molar-refractivity contribution is 7.13. The van der Waals surface area contributed by atoms with Crippen LogP contribution in [0.5, 0.6) is 0 Å². The molecule has 2 aromatic carbocycles. The van der Waals surface area contributed by atoms with Crippen molar-refractivity contribution in [3.8, 4) is 0 Å². The normalized spacial score (nSPS) is 10.7. The number of hydrogen-bond acceptors (Lipinski definition) is 4. The standard InChI is InChI=1S/C18H16N2O3S/c1-11-17(18(22)23)24-16(20-11)9-15(21)19-10-13-7-4-6-12-5-2-3-8-14(12)13/h2-8H,9-10H2,1H3,(H,19,21)(H,22,23). The van der Waals surface area contributed by atoms with E-state index < -0.39 is 5.97 Å². The number of aryl methyl sites for hydroxylation is 1. The summed E-state index contributed by atoms with van der Waals surface area (Å²) in [6, 6.07) is 14.0. The van der Waals surface area contributed by atoms with Crippen LogP contribution in [0.1, 0.15) is 25.9 Å². The Balaban J connectivity index is 1.67. The van der Waals surface area contributed by atoms with E-state index in [0.29, 0.717) is 17.2 Å². The smallest absolute Gasteiger partial charge is 0.347 e. The maximum Gasteiger partial charge on any atom is 0.347 e. The molecule has 6 heteroatoms. The fraction of sp³-hybridized carbons (Fsp3) is 0.167. The Morgan fingerprint density at radius 1 is 1.17 bits per heavy atom. The molecule has 122 valence electrons. The molecule has 0 bridgehead atoms. The van der Waals surface area contributed by atoms with E-state index in [2.05, 4.69) is 10.3 Å². The second-order valence-electron chi connectivity index (χ2n) is 5.42. The lowest BCUT2D eigenvalue weighted by molar-refractivity contribution is -0.120. The van der Waals surface area contributed by atoms with Crippen molar-refractivity contribution >= 4 is 34.0 Å². The fourth-order valence-electron chi connectivity index (χ4n) is 2.57. The molecule has 24 heavy (non-hydrogen) atoms. The molecule has 0 spiro atoms. The van der Waals surface area contributed by atoms with Gasteiger partial charge in [0.25, 0.3) is 0 Å². The van der Waals surface area contributed by atoms with Gasteiger partial charge in [0.2, 0.25) is 5.91 Å². The molecular weight excluding hydrogens is 324 g/mol. The zero-order valence-corrected chi connectivity index (χ0v) is 13.9. The number of aromatic nitrogens is 1. The predicted octanol–water partition coefficient (Wildman–Crippen LogP) is 3.16. The van der Waals surface area contributed by atoms with Gasteiger partial charge in [-0.15, -0.1) is 11.3 Å². The number of nitrogens with zero attached hydrogens (tertiary/aromatic N) is 1. The minimum atomic E-state index is -1.01. The summed E-state index contributed by atoms with van der Waals surface area (Å²) in [5.41, 5.74) is 1.49. The molecule has 3 aromatic rings. The first-order chi connectivity index (χ1) is 11.5. The van der Waals surface area contributed by atoms with Crippen molar-refractivity contribution in [3.05, 3.63) is 63.6 Å². The lowest BCUT2D eigenvalue weighted by Gasteiger charge is -2.08. The van der Waals surface area contributed by atoms with Gasteiger partial charge in [-0.1, -0.05) is 42.5 Å². The summed E-state index contributed by atoms with van der Waals surface area (Å²) in [4.78, 5) is 27.5. The maximum atomic E-state index is 12.1. The van der Waals surface area contributed by atoms with Crippen LogP contribution in [0.3, 0.4) is 0 Å². The molecule has 1 heterocycles. The van der Waals surface area contributed by atoms with Crippen molar-refractivity contribution in [1.82, 2.24) is 10.3 Å². The van der Waals surface area contributed by atoms with E-state index in [1.54, 1.807) is 6.92 Å². The lowest BCUT2D eigenvalue weighted by atomic mass is 10.0. The van der Waals surface area contributed by atoms with Crippen LogP contribution in [0.25, 0.3) is 10.8 Å². The van der Waals surface area contributed by atoms with Crippen molar-refractivity contribution < 1.29 is 14.7 Å². The Bertz CT molecular complexity index is 912. The summed E-state index contributed by atoms with van der Waals surface area (Å²) in [7, 11) is 0. The average molecular weight is 340 g/mol. The number of carbonyl (C=O) groups is 2. The van der Waals surface area contributed by atoms with Gasteiger partial charge in [0.15, 0.2) is 0 Å². The van der Waals surface area contributed by atoms with E-state index in [0.717, 1.165) is 27.7 Å². The molecule has 0 aliphatic carbocycles. The number of rotatable bonds is 5. The van der Waals surface area contributed by atoms with E-state index in [9.17, 15) is 9.59 Å². The van der Waals surface area contributed by atoms with Gasteiger partial charge in [0.05, 0.1) is 12.1 Å². The molecule has 0 radical (unpaired) electrons. The van der Waals surface area contributed by atoms with Crippen molar-refractivity contribution in [1.29, 1.82) is 0 Å². The first-order valence-electron chi connectivity index (χ1n) is 7.47. The number of aromatic carboxylic acids is 1. The monoisotopic (exact) mass is 340 g/mol. The minimum absolute atomic E-state index is 0.0869.